The Morgan fingerprint density at radius 2 is 2.04 bits per heavy atom. The highest BCUT2D eigenvalue weighted by Crippen LogP contribution is 2.29. The van der Waals surface area contributed by atoms with E-state index < -0.39 is 0 Å². The molecule has 0 saturated heterocycles. The lowest BCUT2D eigenvalue weighted by Crippen LogP contribution is -2.40. The zero-order valence-corrected chi connectivity index (χ0v) is 17.6. The molecule has 1 unspecified atom stereocenters. The minimum Gasteiger partial charge on any atom is -0.352 e. The van der Waals surface area contributed by atoms with Crippen molar-refractivity contribution in [2.24, 2.45) is 0 Å². The van der Waals surface area contributed by atoms with E-state index in [0.29, 0.717) is 17.7 Å². The predicted molar refractivity (Wildman–Crippen MR) is 109 cm³/mol. The monoisotopic (exact) mass is 393 g/mol. The molecule has 26 heavy (non-hydrogen) atoms. The van der Waals surface area contributed by atoms with Crippen LogP contribution in [0.25, 0.3) is 10.2 Å². The van der Waals surface area contributed by atoms with Crippen molar-refractivity contribution in [3.8, 4) is 0 Å². The Balaban J connectivity index is 1.83. The van der Waals surface area contributed by atoms with Gasteiger partial charge in [-0.05, 0) is 46.1 Å². The highest BCUT2D eigenvalue weighted by molar-refractivity contribution is 8.00. The molecule has 0 spiro atoms. The summed E-state index contributed by atoms with van der Waals surface area (Å²) in [6, 6.07) is 0.297. The largest absolute Gasteiger partial charge is 0.352 e. The third-order valence-corrected chi connectivity index (χ3v) is 7.36. The van der Waals surface area contributed by atoms with Gasteiger partial charge in [-0.1, -0.05) is 31.0 Å². The lowest BCUT2D eigenvalue weighted by Gasteiger charge is -2.24. The maximum absolute atomic E-state index is 12.9. The fourth-order valence-corrected chi connectivity index (χ4v) is 5.51. The Kier molecular flexibility index (Phi) is 6.07. The smallest absolute Gasteiger partial charge is 0.263 e. The Hall–Kier alpha value is -1.34. The van der Waals surface area contributed by atoms with Gasteiger partial charge in [-0.3, -0.25) is 14.2 Å². The van der Waals surface area contributed by atoms with E-state index in [2.05, 4.69) is 5.32 Å². The number of aryl methyl sites for hydroxylation is 2. The molecule has 1 fully saturated rings. The maximum atomic E-state index is 12.9. The molecule has 1 N–H and O–H groups in total. The van der Waals surface area contributed by atoms with E-state index in [4.69, 9.17) is 4.98 Å². The fourth-order valence-electron chi connectivity index (χ4n) is 3.45. The molecule has 0 radical (unpaired) electrons. The van der Waals surface area contributed by atoms with Crippen LogP contribution in [0.1, 0.15) is 56.4 Å². The highest BCUT2D eigenvalue weighted by Gasteiger charge is 2.23. The topological polar surface area (TPSA) is 64.0 Å². The first-order valence-corrected chi connectivity index (χ1v) is 11.1. The van der Waals surface area contributed by atoms with E-state index in [-0.39, 0.29) is 16.7 Å². The van der Waals surface area contributed by atoms with Crippen molar-refractivity contribution in [2.45, 2.75) is 82.8 Å². The normalized spacial score (nSPS) is 16.8. The van der Waals surface area contributed by atoms with Gasteiger partial charge in [0.25, 0.3) is 5.56 Å². The summed E-state index contributed by atoms with van der Waals surface area (Å²) >= 11 is 2.93. The minimum atomic E-state index is -0.277. The lowest BCUT2D eigenvalue weighted by molar-refractivity contribution is -0.121. The summed E-state index contributed by atoms with van der Waals surface area (Å²) in [5.41, 5.74) is 1.02. The van der Waals surface area contributed by atoms with E-state index in [0.717, 1.165) is 33.5 Å². The second kappa shape index (κ2) is 8.13. The number of amides is 1. The Morgan fingerprint density at radius 1 is 1.35 bits per heavy atom. The van der Waals surface area contributed by atoms with Crippen LogP contribution in [-0.2, 0) is 11.3 Å². The molecular formula is C19H27N3O2S2. The summed E-state index contributed by atoms with van der Waals surface area (Å²) in [5.74, 6) is 0.0393. The molecule has 2 aromatic heterocycles. The summed E-state index contributed by atoms with van der Waals surface area (Å²) in [4.78, 5) is 32.1. The maximum Gasteiger partial charge on any atom is 0.263 e. The Labute approximate surface area is 162 Å². The third kappa shape index (κ3) is 3.83. The molecule has 7 heteroatoms. The molecule has 0 aromatic carbocycles. The van der Waals surface area contributed by atoms with Crippen LogP contribution in [0.2, 0.25) is 0 Å². The number of rotatable bonds is 5. The van der Waals surface area contributed by atoms with Crippen molar-refractivity contribution < 1.29 is 4.79 Å². The van der Waals surface area contributed by atoms with Crippen LogP contribution >= 0.6 is 23.1 Å². The van der Waals surface area contributed by atoms with Gasteiger partial charge in [-0.15, -0.1) is 11.3 Å². The van der Waals surface area contributed by atoms with Gasteiger partial charge in [-0.25, -0.2) is 4.98 Å². The molecule has 2 heterocycles. The molecule has 1 saturated carbocycles. The van der Waals surface area contributed by atoms with Gasteiger partial charge < -0.3 is 5.32 Å². The van der Waals surface area contributed by atoms with Crippen LogP contribution in [0, 0.1) is 13.8 Å². The number of thiophene rings is 1. The standard InChI is InChI=1S/C19H27N3O2S2/c1-5-22-18(24)15-11(2)12(3)25-17(15)21-19(22)26-13(4)16(23)20-14-9-7-6-8-10-14/h13-14H,5-10H2,1-4H3,(H,20,23). The average molecular weight is 394 g/mol. The Morgan fingerprint density at radius 3 is 2.69 bits per heavy atom. The van der Waals surface area contributed by atoms with Crippen molar-refractivity contribution in [2.75, 3.05) is 0 Å². The first-order valence-electron chi connectivity index (χ1n) is 9.40. The highest BCUT2D eigenvalue weighted by atomic mass is 32.2. The van der Waals surface area contributed by atoms with Crippen LogP contribution < -0.4 is 10.9 Å². The molecule has 1 atom stereocenters. The second-order valence-electron chi connectivity index (χ2n) is 7.01. The van der Waals surface area contributed by atoms with Crippen LogP contribution in [-0.4, -0.2) is 26.8 Å². The summed E-state index contributed by atoms with van der Waals surface area (Å²) in [7, 11) is 0. The number of thioether (sulfide) groups is 1. The van der Waals surface area contributed by atoms with E-state index >= 15 is 0 Å². The van der Waals surface area contributed by atoms with Gasteiger partial charge in [0.05, 0.1) is 10.6 Å². The quantitative estimate of drug-likeness (QED) is 0.615. The van der Waals surface area contributed by atoms with E-state index in [9.17, 15) is 9.59 Å². The molecule has 1 aliphatic carbocycles. The first kappa shape index (κ1) is 19.4. The van der Waals surface area contributed by atoms with Crippen molar-refractivity contribution in [3.63, 3.8) is 0 Å². The van der Waals surface area contributed by atoms with Gasteiger partial charge in [-0.2, -0.15) is 0 Å². The summed E-state index contributed by atoms with van der Waals surface area (Å²) < 4.78 is 1.69. The number of fused-ring (bicyclic) bond motifs is 1. The number of aromatic nitrogens is 2. The van der Waals surface area contributed by atoms with Crippen LogP contribution in [0.5, 0.6) is 0 Å². The number of carbonyl (C=O) groups is 1. The third-order valence-electron chi connectivity index (χ3n) is 5.17. The van der Waals surface area contributed by atoms with Crippen LogP contribution in [0.3, 0.4) is 0 Å². The number of carbonyl (C=O) groups excluding carboxylic acids is 1. The number of hydrogen-bond acceptors (Lipinski definition) is 5. The van der Waals surface area contributed by atoms with Gasteiger partial charge in [0.15, 0.2) is 5.16 Å². The SMILES string of the molecule is CCn1c(SC(C)C(=O)NC2CCCCC2)nc2sc(C)c(C)c2c1=O. The van der Waals surface area contributed by atoms with E-state index in [1.165, 1.54) is 31.0 Å². The summed E-state index contributed by atoms with van der Waals surface area (Å²) in [6.45, 7) is 8.38. The zero-order valence-electron chi connectivity index (χ0n) is 15.9. The molecule has 142 valence electrons. The molecule has 3 rings (SSSR count). The minimum absolute atomic E-state index is 0.00161. The second-order valence-corrected chi connectivity index (χ2v) is 9.52. The van der Waals surface area contributed by atoms with Gasteiger partial charge in [0.2, 0.25) is 5.91 Å². The van der Waals surface area contributed by atoms with E-state index in [1.807, 2.05) is 27.7 Å². The first-order chi connectivity index (χ1) is 12.4. The Bertz CT molecular complexity index is 866. The van der Waals surface area contributed by atoms with Gasteiger partial charge >= 0.3 is 0 Å². The molecule has 0 bridgehead atoms. The lowest BCUT2D eigenvalue weighted by atomic mass is 9.95. The number of nitrogens with one attached hydrogen (secondary N) is 1. The van der Waals surface area contributed by atoms with Gasteiger partial charge in [0.1, 0.15) is 4.83 Å². The van der Waals surface area contributed by atoms with Crippen molar-refractivity contribution in [1.82, 2.24) is 14.9 Å². The number of nitrogens with zero attached hydrogens (tertiary/aromatic N) is 2. The van der Waals surface area contributed by atoms with Crippen molar-refractivity contribution in [1.29, 1.82) is 0 Å². The molecule has 1 aliphatic rings. The summed E-state index contributed by atoms with van der Waals surface area (Å²) in [5, 5.41) is 4.25. The molecule has 2 aromatic rings. The predicted octanol–water partition coefficient (Wildman–Crippen LogP) is 4.02. The molecule has 0 aliphatic heterocycles. The van der Waals surface area contributed by atoms with Crippen LogP contribution in [0.4, 0.5) is 0 Å². The van der Waals surface area contributed by atoms with Gasteiger partial charge in [0, 0.05) is 17.5 Å². The molecular weight excluding hydrogens is 366 g/mol. The average Bonchev–Trinajstić information content (AvgIpc) is 2.90. The molecule has 5 nitrogen and oxygen atoms in total. The number of hydrogen-bond donors (Lipinski definition) is 1. The summed E-state index contributed by atoms with van der Waals surface area (Å²) in [6.07, 6.45) is 5.79. The van der Waals surface area contributed by atoms with Crippen molar-refractivity contribution in [3.05, 3.63) is 20.8 Å². The van der Waals surface area contributed by atoms with Crippen molar-refractivity contribution >= 4 is 39.2 Å². The van der Waals surface area contributed by atoms with E-state index in [1.54, 1.807) is 15.9 Å². The zero-order chi connectivity index (χ0) is 18.8. The molecule has 1 amide bonds. The van der Waals surface area contributed by atoms with Crippen LogP contribution in [0.15, 0.2) is 9.95 Å². The fraction of sp³-hybridized carbons (Fsp3) is 0.632.